The van der Waals surface area contributed by atoms with Crippen LogP contribution < -0.4 is 14.4 Å². The van der Waals surface area contributed by atoms with Crippen LogP contribution in [0.25, 0.3) is 0 Å². The van der Waals surface area contributed by atoms with Crippen LogP contribution in [0.2, 0.25) is 0 Å². The number of rotatable bonds is 1. The number of hydrogen-bond acceptors (Lipinski definition) is 4. The molecule has 0 heterocycles. The highest BCUT2D eigenvalue weighted by molar-refractivity contribution is 14.1. The van der Waals surface area contributed by atoms with Crippen LogP contribution in [-0.4, -0.2) is 5.11 Å². The van der Waals surface area contributed by atoms with Crippen molar-refractivity contribution in [1.82, 2.24) is 0 Å². The molecule has 9 heavy (non-hydrogen) atoms. The minimum absolute atomic E-state index is 0.000556. The normalized spacial score (nSPS) is 9.89. The second-order valence-corrected chi connectivity index (χ2v) is 2.02. The highest BCUT2D eigenvalue weighted by Crippen LogP contribution is 2.15. The number of anilines is 1. The van der Waals surface area contributed by atoms with Crippen molar-refractivity contribution in [3.8, 4) is 5.75 Å². The standard InChI is InChI=1S/C4H2INO3/c5-6-1-2(7)4(9)3(1)8/h6-7H. The van der Waals surface area contributed by atoms with Gasteiger partial charge < -0.3 is 8.64 Å². The van der Waals surface area contributed by atoms with Crippen molar-refractivity contribution >= 4 is 28.6 Å². The Morgan fingerprint density at radius 1 is 1.33 bits per heavy atom. The molecule has 1 aromatic carbocycles. The van der Waals surface area contributed by atoms with E-state index in [-0.39, 0.29) is 5.69 Å². The number of hydrogen-bond donors (Lipinski definition) is 2. The lowest BCUT2D eigenvalue weighted by molar-refractivity contribution is 0.466. The van der Waals surface area contributed by atoms with Gasteiger partial charge in [-0.05, 0) is 0 Å². The van der Waals surface area contributed by atoms with Gasteiger partial charge in [-0.1, -0.05) is 0 Å². The van der Waals surface area contributed by atoms with Crippen LogP contribution >= 0.6 is 22.9 Å². The van der Waals surface area contributed by atoms with Crippen LogP contribution in [0.4, 0.5) is 5.69 Å². The van der Waals surface area contributed by atoms with Crippen LogP contribution in [0.5, 0.6) is 5.75 Å². The highest BCUT2D eigenvalue weighted by Gasteiger charge is 2.18. The Bertz CT molecular complexity index is 298. The molecule has 48 valence electrons. The lowest BCUT2D eigenvalue weighted by Gasteiger charge is -1.99. The van der Waals surface area contributed by atoms with Crippen LogP contribution in [0, 0.1) is 0 Å². The predicted octanol–water partition coefficient (Wildman–Crippen LogP) is -0.250. The van der Waals surface area contributed by atoms with E-state index in [4.69, 9.17) is 5.11 Å². The van der Waals surface area contributed by atoms with Crippen molar-refractivity contribution in [1.29, 1.82) is 0 Å². The zero-order valence-electron chi connectivity index (χ0n) is 4.14. The summed E-state index contributed by atoms with van der Waals surface area (Å²) in [6, 6.07) is 0. The Kier molecular flexibility index (Phi) is 1.43. The van der Waals surface area contributed by atoms with E-state index in [0.29, 0.717) is 0 Å². The molecule has 0 fully saturated rings. The molecule has 1 aromatic rings. The Labute approximate surface area is 63.7 Å². The van der Waals surface area contributed by atoms with Gasteiger partial charge in [0, 0.05) is 0 Å². The van der Waals surface area contributed by atoms with Crippen LogP contribution in [0.15, 0.2) is 9.59 Å². The van der Waals surface area contributed by atoms with Gasteiger partial charge in [0.1, 0.15) is 5.69 Å². The van der Waals surface area contributed by atoms with Gasteiger partial charge >= 0.3 is 0 Å². The third-order valence-corrected chi connectivity index (χ3v) is 1.52. The topological polar surface area (TPSA) is 66.4 Å². The molecule has 0 spiro atoms. The Hall–Kier alpha value is -0.590. The van der Waals surface area contributed by atoms with E-state index in [1.54, 1.807) is 22.9 Å². The number of halogens is 1. The first-order chi connectivity index (χ1) is 4.18. The van der Waals surface area contributed by atoms with Crippen molar-refractivity contribution in [2.75, 3.05) is 3.53 Å². The van der Waals surface area contributed by atoms with E-state index >= 15 is 0 Å². The van der Waals surface area contributed by atoms with E-state index in [2.05, 4.69) is 3.53 Å². The average Bonchev–Trinajstić information content (AvgIpc) is 1.89. The van der Waals surface area contributed by atoms with Gasteiger partial charge in [0.15, 0.2) is 5.75 Å². The summed E-state index contributed by atoms with van der Waals surface area (Å²) in [7, 11) is 0. The summed E-state index contributed by atoms with van der Waals surface area (Å²) in [5.74, 6) is -0.464. The maximum atomic E-state index is 10.4. The van der Waals surface area contributed by atoms with Crippen molar-refractivity contribution < 1.29 is 5.11 Å². The van der Waals surface area contributed by atoms with Gasteiger partial charge in [-0.2, -0.15) is 0 Å². The highest BCUT2D eigenvalue weighted by atomic mass is 127. The molecule has 0 saturated carbocycles. The zero-order valence-corrected chi connectivity index (χ0v) is 6.30. The second-order valence-electron chi connectivity index (χ2n) is 1.48. The van der Waals surface area contributed by atoms with Crippen LogP contribution in [-0.2, 0) is 0 Å². The SMILES string of the molecule is O=c1c(O)c(NI)c1=O. The van der Waals surface area contributed by atoms with E-state index in [0.717, 1.165) is 0 Å². The lowest BCUT2D eigenvalue weighted by atomic mass is 10.2. The first-order valence-electron chi connectivity index (χ1n) is 2.07. The molecule has 2 N–H and O–H groups in total. The minimum Gasteiger partial charge on any atom is -0.502 e. The molecule has 0 amide bonds. The van der Waals surface area contributed by atoms with E-state index in [1.165, 1.54) is 0 Å². The Balaban J connectivity index is 3.25. The van der Waals surface area contributed by atoms with Crippen molar-refractivity contribution in [3.63, 3.8) is 0 Å². The fraction of sp³-hybridized carbons (Fsp3) is 0. The minimum atomic E-state index is -0.811. The summed E-state index contributed by atoms with van der Waals surface area (Å²) < 4.78 is 2.36. The molecule has 0 radical (unpaired) electrons. The average molecular weight is 239 g/mol. The molecule has 0 aliphatic heterocycles. The summed E-state index contributed by atoms with van der Waals surface area (Å²) in [4.78, 5) is 20.6. The Morgan fingerprint density at radius 3 is 2.11 bits per heavy atom. The number of aromatic hydroxyl groups is 1. The fourth-order valence-corrected chi connectivity index (χ4v) is 0.968. The van der Waals surface area contributed by atoms with Crippen LogP contribution in [0.3, 0.4) is 0 Å². The summed E-state index contributed by atoms with van der Waals surface area (Å²) in [5, 5.41) is 8.59. The molecular weight excluding hydrogens is 237 g/mol. The monoisotopic (exact) mass is 239 g/mol. The molecule has 0 aromatic heterocycles. The Morgan fingerprint density at radius 2 is 1.89 bits per heavy atom. The molecule has 0 atom stereocenters. The van der Waals surface area contributed by atoms with Gasteiger partial charge in [-0.15, -0.1) is 0 Å². The third kappa shape index (κ3) is 0.716. The first-order valence-corrected chi connectivity index (χ1v) is 3.15. The van der Waals surface area contributed by atoms with E-state index in [1.807, 2.05) is 0 Å². The summed E-state index contributed by atoms with van der Waals surface area (Å²) in [6.45, 7) is 0. The van der Waals surface area contributed by atoms with Gasteiger partial charge in [0.25, 0.3) is 10.9 Å². The summed E-state index contributed by atoms with van der Waals surface area (Å²) in [5.41, 5.74) is -1.46. The van der Waals surface area contributed by atoms with E-state index in [9.17, 15) is 9.59 Å². The van der Waals surface area contributed by atoms with Gasteiger partial charge in [0.2, 0.25) is 0 Å². The molecule has 0 aliphatic carbocycles. The summed E-state index contributed by atoms with van der Waals surface area (Å²) >= 11 is 1.66. The molecule has 0 bridgehead atoms. The maximum Gasteiger partial charge on any atom is 0.271 e. The smallest absolute Gasteiger partial charge is 0.271 e. The number of nitrogens with one attached hydrogen (secondary N) is 1. The second kappa shape index (κ2) is 1.98. The van der Waals surface area contributed by atoms with Crippen molar-refractivity contribution in [2.45, 2.75) is 0 Å². The van der Waals surface area contributed by atoms with Gasteiger partial charge in [-0.25, -0.2) is 0 Å². The quantitative estimate of drug-likeness (QED) is 0.403. The maximum absolute atomic E-state index is 10.4. The molecule has 0 aliphatic rings. The van der Waals surface area contributed by atoms with Gasteiger partial charge in [-0.3, -0.25) is 9.59 Å². The van der Waals surface area contributed by atoms with Crippen molar-refractivity contribution in [3.05, 3.63) is 20.4 Å². The molecule has 0 unspecified atom stereocenters. The first kappa shape index (κ1) is 6.53. The van der Waals surface area contributed by atoms with Crippen LogP contribution in [0.1, 0.15) is 0 Å². The predicted molar refractivity (Wildman–Crippen MR) is 40.7 cm³/mol. The molecule has 4 nitrogen and oxygen atoms in total. The zero-order chi connectivity index (χ0) is 7.02. The fourth-order valence-electron chi connectivity index (χ4n) is 0.467. The molecule has 1 rings (SSSR count). The molecule has 5 heteroatoms. The summed E-state index contributed by atoms with van der Waals surface area (Å²) in [6.07, 6.45) is 0. The van der Waals surface area contributed by atoms with Crippen molar-refractivity contribution in [2.24, 2.45) is 0 Å². The molecular formula is C4H2INO3. The largest absolute Gasteiger partial charge is 0.502 e. The van der Waals surface area contributed by atoms with E-state index < -0.39 is 16.6 Å². The molecule has 0 saturated heterocycles. The lowest BCUT2D eigenvalue weighted by Crippen LogP contribution is -2.31. The third-order valence-electron chi connectivity index (χ3n) is 0.980. The van der Waals surface area contributed by atoms with Gasteiger partial charge in [0.05, 0.1) is 22.9 Å².